The van der Waals surface area contributed by atoms with Crippen LogP contribution in [-0.4, -0.2) is 42.1 Å². The van der Waals surface area contributed by atoms with Gasteiger partial charge in [0.2, 0.25) is 0 Å². The van der Waals surface area contributed by atoms with Crippen LogP contribution in [0.2, 0.25) is 0 Å². The molecule has 3 aliphatic heterocycles. The van der Waals surface area contributed by atoms with E-state index in [1.165, 1.54) is 23.8 Å². The third-order valence-electron chi connectivity index (χ3n) is 7.19. The van der Waals surface area contributed by atoms with Gasteiger partial charge in [0.15, 0.2) is 0 Å². The molecule has 0 radical (unpaired) electrons. The molecule has 4 atom stereocenters. The number of ether oxygens (including phenoxy) is 1. The van der Waals surface area contributed by atoms with E-state index in [0.29, 0.717) is 18.7 Å². The normalized spacial score (nSPS) is 28.4. The molecule has 2 saturated heterocycles. The number of hydrogen-bond donors (Lipinski definition) is 1. The SMILES string of the molecule is COC(=O)[C@@H]1C[C@@]2(CC=C(C)C)c3ccccc3N3C(=N)[C@H](Cc4ccccc4)N1[C@H]32. The van der Waals surface area contributed by atoms with E-state index in [0.717, 1.165) is 12.1 Å². The first kappa shape index (κ1) is 20.0. The number of nitrogens with zero attached hydrogens (tertiary/aromatic N) is 2. The third-order valence-corrected chi connectivity index (χ3v) is 7.19. The Morgan fingerprint density at radius 2 is 1.87 bits per heavy atom. The number of anilines is 1. The molecule has 5 rings (SSSR count). The van der Waals surface area contributed by atoms with Crippen LogP contribution in [0.3, 0.4) is 0 Å². The Morgan fingerprint density at radius 1 is 1.16 bits per heavy atom. The standard InChI is InChI=1S/C26H29N3O2/c1-17(2)13-14-26-16-22(24(30)31-3)28-21(15-18-9-5-4-6-10-18)23(27)29(25(26)28)20-12-8-7-11-19(20)26/h4-13,21-22,25,27H,14-16H2,1-3H3/t21-,22-,25+,26-/m0/s1. The van der Waals surface area contributed by atoms with Gasteiger partial charge < -0.3 is 9.64 Å². The number of allylic oxidation sites excluding steroid dienone is 2. The lowest BCUT2D eigenvalue weighted by atomic mass is 9.75. The number of benzene rings is 2. The molecule has 3 heterocycles. The minimum Gasteiger partial charge on any atom is -0.468 e. The Kier molecular flexibility index (Phi) is 4.74. The Labute approximate surface area is 183 Å². The number of nitrogens with one attached hydrogen (secondary N) is 1. The van der Waals surface area contributed by atoms with Crippen LogP contribution < -0.4 is 4.90 Å². The van der Waals surface area contributed by atoms with Crippen molar-refractivity contribution >= 4 is 17.5 Å². The molecule has 2 aromatic rings. The van der Waals surface area contributed by atoms with Gasteiger partial charge in [0.05, 0.1) is 19.3 Å². The van der Waals surface area contributed by atoms with Gasteiger partial charge in [0, 0.05) is 11.1 Å². The van der Waals surface area contributed by atoms with Crippen LogP contribution in [0.15, 0.2) is 66.2 Å². The number of esters is 1. The van der Waals surface area contributed by atoms with Crippen molar-refractivity contribution in [2.75, 3.05) is 12.0 Å². The van der Waals surface area contributed by atoms with Crippen molar-refractivity contribution in [3.8, 4) is 0 Å². The van der Waals surface area contributed by atoms with Crippen molar-refractivity contribution in [1.82, 2.24) is 4.90 Å². The van der Waals surface area contributed by atoms with Gasteiger partial charge in [-0.25, -0.2) is 0 Å². The van der Waals surface area contributed by atoms with Gasteiger partial charge in [0.25, 0.3) is 0 Å². The van der Waals surface area contributed by atoms with Gasteiger partial charge in [-0.05, 0) is 50.3 Å². The molecule has 3 aliphatic rings. The van der Waals surface area contributed by atoms with Crippen molar-refractivity contribution in [3.05, 3.63) is 77.4 Å². The molecular weight excluding hydrogens is 386 g/mol. The van der Waals surface area contributed by atoms with Crippen molar-refractivity contribution in [1.29, 1.82) is 5.41 Å². The highest BCUT2D eigenvalue weighted by atomic mass is 16.5. The van der Waals surface area contributed by atoms with E-state index < -0.39 is 0 Å². The molecular formula is C26H29N3O2. The zero-order valence-corrected chi connectivity index (χ0v) is 18.3. The topological polar surface area (TPSA) is 56.6 Å². The molecule has 0 bridgehead atoms. The van der Waals surface area contributed by atoms with Gasteiger partial charge in [-0.3, -0.25) is 15.1 Å². The van der Waals surface area contributed by atoms with Crippen LogP contribution >= 0.6 is 0 Å². The molecule has 0 aliphatic carbocycles. The van der Waals surface area contributed by atoms with Crippen LogP contribution in [0.1, 0.15) is 37.8 Å². The van der Waals surface area contributed by atoms with Gasteiger partial charge >= 0.3 is 5.97 Å². The summed E-state index contributed by atoms with van der Waals surface area (Å²) in [7, 11) is 1.47. The van der Waals surface area contributed by atoms with Gasteiger partial charge in [0.1, 0.15) is 11.9 Å². The van der Waals surface area contributed by atoms with Crippen LogP contribution in [0, 0.1) is 5.41 Å². The van der Waals surface area contributed by atoms with E-state index in [9.17, 15) is 10.2 Å². The van der Waals surface area contributed by atoms with Gasteiger partial charge in [-0.15, -0.1) is 0 Å². The minimum absolute atomic E-state index is 0.0363. The lowest BCUT2D eigenvalue weighted by Crippen LogP contribution is -2.47. The fourth-order valence-corrected chi connectivity index (χ4v) is 5.89. The van der Waals surface area contributed by atoms with Crippen molar-refractivity contribution in [3.63, 3.8) is 0 Å². The van der Waals surface area contributed by atoms with E-state index in [2.05, 4.69) is 66.1 Å². The summed E-state index contributed by atoms with van der Waals surface area (Å²) < 4.78 is 5.26. The second kappa shape index (κ2) is 7.34. The average molecular weight is 416 g/mol. The summed E-state index contributed by atoms with van der Waals surface area (Å²) in [5, 5.41) is 9.18. The molecule has 5 heteroatoms. The number of fused-ring (bicyclic) bond motifs is 3. The lowest BCUT2D eigenvalue weighted by Gasteiger charge is -2.31. The predicted molar refractivity (Wildman–Crippen MR) is 122 cm³/mol. The first-order valence-electron chi connectivity index (χ1n) is 11.0. The van der Waals surface area contributed by atoms with Crippen LogP contribution in [0.25, 0.3) is 0 Å². The molecule has 0 saturated carbocycles. The number of rotatable bonds is 5. The third kappa shape index (κ3) is 2.87. The summed E-state index contributed by atoms with van der Waals surface area (Å²) in [6.07, 6.45) is 4.52. The summed E-state index contributed by atoms with van der Waals surface area (Å²) in [6.45, 7) is 4.24. The first-order valence-corrected chi connectivity index (χ1v) is 11.0. The maximum atomic E-state index is 13.0. The smallest absolute Gasteiger partial charge is 0.323 e. The molecule has 160 valence electrons. The molecule has 5 nitrogen and oxygen atoms in total. The molecule has 0 amide bonds. The van der Waals surface area contributed by atoms with Crippen LogP contribution in [0.5, 0.6) is 0 Å². The maximum absolute atomic E-state index is 13.0. The zero-order valence-electron chi connectivity index (χ0n) is 18.3. The van der Waals surface area contributed by atoms with Crippen molar-refractivity contribution in [2.24, 2.45) is 0 Å². The Hall–Kier alpha value is -2.92. The summed E-state index contributed by atoms with van der Waals surface area (Å²) in [5.41, 5.74) is 4.58. The van der Waals surface area contributed by atoms with Crippen molar-refractivity contribution < 1.29 is 9.53 Å². The summed E-state index contributed by atoms with van der Waals surface area (Å²) in [6, 6.07) is 18.2. The van der Waals surface area contributed by atoms with E-state index in [-0.39, 0.29) is 29.6 Å². The van der Waals surface area contributed by atoms with Gasteiger partial charge in [-0.2, -0.15) is 0 Å². The minimum atomic E-state index is -0.354. The monoisotopic (exact) mass is 415 g/mol. The van der Waals surface area contributed by atoms with Crippen molar-refractivity contribution in [2.45, 2.75) is 56.8 Å². The van der Waals surface area contributed by atoms with Crippen LogP contribution in [-0.2, 0) is 21.4 Å². The van der Waals surface area contributed by atoms with Crippen LogP contribution in [0.4, 0.5) is 5.69 Å². The van der Waals surface area contributed by atoms with E-state index >= 15 is 0 Å². The zero-order chi connectivity index (χ0) is 21.8. The fourth-order valence-electron chi connectivity index (χ4n) is 5.89. The summed E-state index contributed by atoms with van der Waals surface area (Å²) in [4.78, 5) is 17.4. The number of para-hydroxylation sites is 1. The Morgan fingerprint density at radius 3 is 2.58 bits per heavy atom. The Bertz CT molecular complexity index is 1060. The number of methoxy groups -OCH3 is 1. The highest BCUT2D eigenvalue weighted by Gasteiger charge is 2.68. The summed E-state index contributed by atoms with van der Waals surface area (Å²) in [5.74, 6) is 0.380. The lowest BCUT2D eigenvalue weighted by molar-refractivity contribution is -0.146. The second-order valence-corrected chi connectivity index (χ2v) is 9.18. The molecule has 2 fully saturated rings. The number of amidine groups is 1. The van der Waals surface area contributed by atoms with Gasteiger partial charge in [-0.1, -0.05) is 60.2 Å². The number of carbonyl (C=O) groups excluding carboxylic acids is 1. The fraction of sp³-hybridized carbons (Fsp3) is 0.385. The molecule has 31 heavy (non-hydrogen) atoms. The van der Waals surface area contributed by atoms with E-state index in [1.54, 1.807) is 0 Å². The largest absolute Gasteiger partial charge is 0.468 e. The molecule has 0 spiro atoms. The van der Waals surface area contributed by atoms with E-state index in [1.807, 2.05) is 18.2 Å². The summed E-state index contributed by atoms with van der Waals surface area (Å²) >= 11 is 0. The molecule has 1 N–H and O–H groups in total. The molecule has 0 aromatic heterocycles. The van der Waals surface area contributed by atoms with E-state index in [4.69, 9.17) is 4.74 Å². The average Bonchev–Trinajstić information content (AvgIpc) is 3.36. The second-order valence-electron chi connectivity index (χ2n) is 9.18. The quantitative estimate of drug-likeness (QED) is 0.585. The molecule has 2 aromatic carbocycles. The number of hydrogen-bond acceptors (Lipinski definition) is 4. The highest BCUT2D eigenvalue weighted by molar-refractivity contribution is 6.06. The molecule has 0 unspecified atom stereocenters. The highest BCUT2D eigenvalue weighted by Crippen LogP contribution is 2.59. The maximum Gasteiger partial charge on any atom is 0.323 e. The first-order chi connectivity index (χ1) is 15.0. The Balaban J connectivity index is 1.66. The predicted octanol–water partition coefficient (Wildman–Crippen LogP) is 4.28. The number of carbonyl (C=O) groups is 1.